The molecule has 1 N–H and O–H groups in total. The third-order valence-corrected chi connectivity index (χ3v) is 4.64. The van der Waals surface area contributed by atoms with Gasteiger partial charge in [-0.25, -0.2) is 0 Å². The highest BCUT2D eigenvalue weighted by molar-refractivity contribution is 5.98. The number of anilines is 1. The minimum absolute atomic E-state index is 0.129. The van der Waals surface area contributed by atoms with Crippen molar-refractivity contribution in [2.24, 2.45) is 0 Å². The Bertz CT molecular complexity index is 852. The predicted molar refractivity (Wildman–Crippen MR) is 95.9 cm³/mol. The quantitative estimate of drug-likeness (QED) is 0.785. The Balaban J connectivity index is 1.68. The maximum absolute atomic E-state index is 14.5. The number of allylic oxidation sites excluding steroid dienone is 1. The van der Waals surface area contributed by atoms with Gasteiger partial charge in [0.25, 0.3) is 5.91 Å². The van der Waals surface area contributed by atoms with E-state index in [0.29, 0.717) is 18.4 Å². The molecule has 0 aromatic heterocycles. The molecule has 0 heterocycles. The van der Waals surface area contributed by atoms with Crippen molar-refractivity contribution in [2.75, 3.05) is 5.32 Å². The van der Waals surface area contributed by atoms with Crippen LogP contribution in [0.4, 0.5) is 14.5 Å². The molecule has 3 rings (SSSR count). The average Bonchev–Trinajstić information content (AvgIpc) is 2.69. The Morgan fingerprint density at radius 2 is 1.81 bits per heavy atom. The molecule has 1 amide bonds. The Morgan fingerprint density at radius 1 is 1.12 bits per heavy atom. The summed E-state index contributed by atoms with van der Waals surface area (Å²) in [6.07, 6.45) is 2.78. The number of nitrogens with zero attached hydrogens (tertiary/aromatic N) is 1. The van der Waals surface area contributed by atoms with Gasteiger partial charge in [0.1, 0.15) is 0 Å². The third kappa shape index (κ3) is 3.80. The van der Waals surface area contributed by atoms with Gasteiger partial charge in [0.15, 0.2) is 0 Å². The number of halogens is 2. The molecule has 0 radical (unpaired) electrons. The zero-order chi connectivity index (χ0) is 18.6. The molecular weight excluding hydrogens is 334 g/mol. The first-order valence-corrected chi connectivity index (χ1v) is 8.44. The molecule has 3 nitrogen and oxygen atoms in total. The average molecular weight is 352 g/mol. The van der Waals surface area contributed by atoms with E-state index in [-0.39, 0.29) is 23.6 Å². The molecule has 1 atom stereocenters. The Hall–Kier alpha value is -3.00. The first-order valence-electron chi connectivity index (χ1n) is 8.44. The SMILES string of the molecule is N#Cc1ccc(NC(=O)C(F)(F)C2=CC[C@@H](c3ccccc3)CC2)cc1. The summed E-state index contributed by atoms with van der Waals surface area (Å²) in [7, 11) is 0. The second kappa shape index (κ2) is 7.49. The van der Waals surface area contributed by atoms with Crippen LogP contribution in [0.15, 0.2) is 66.2 Å². The maximum atomic E-state index is 14.5. The number of amides is 1. The monoisotopic (exact) mass is 352 g/mol. The summed E-state index contributed by atoms with van der Waals surface area (Å²) in [5.41, 5.74) is 1.65. The summed E-state index contributed by atoms with van der Waals surface area (Å²) in [6, 6.07) is 17.6. The van der Waals surface area contributed by atoms with E-state index >= 15 is 0 Å². The highest BCUT2D eigenvalue weighted by Crippen LogP contribution is 2.38. The van der Waals surface area contributed by atoms with Gasteiger partial charge in [-0.2, -0.15) is 14.0 Å². The fraction of sp³-hybridized carbons (Fsp3) is 0.238. The van der Waals surface area contributed by atoms with Gasteiger partial charge in [-0.3, -0.25) is 4.79 Å². The summed E-state index contributed by atoms with van der Waals surface area (Å²) in [6.45, 7) is 0. The minimum Gasteiger partial charge on any atom is -0.321 e. The molecule has 0 saturated carbocycles. The van der Waals surface area contributed by atoms with Crippen LogP contribution in [0.2, 0.25) is 0 Å². The summed E-state index contributed by atoms with van der Waals surface area (Å²) in [5, 5.41) is 11.0. The standard InChI is InChI=1S/C21H18F2N2O/c22-21(23,20(26)25-19-12-6-15(14-24)7-13-19)18-10-8-17(9-11-18)16-4-2-1-3-5-16/h1-7,10,12-13,17H,8-9,11H2,(H,25,26)/t17-/m1/s1. The van der Waals surface area contributed by atoms with Crippen LogP contribution in [0.3, 0.4) is 0 Å². The molecule has 0 aliphatic heterocycles. The lowest BCUT2D eigenvalue weighted by atomic mass is 9.83. The second-order valence-corrected chi connectivity index (χ2v) is 6.33. The number of hydrogen-bond donors (Lipinski definition) is 1. The van der Waals surface area contributed by atoms with E-state index in [1.54, 1.807) is 0 Å². The summed E-state index contributed by atoms with van der Waals surface area (Å²) in [4.78, 5) is 12.1. The molecule has 2 aromatic carbocycles. The van der Waals surface area contributed by atoms with E-state index in [4.69, 9.17) is 5.26 Å². The van der Waals surface area contributed by atoms with Gasteiger partial charge in [0.05, 0.1) is 11.6 Å². The molecule has 0 unspecified atom stereocenters. The van der Waals surface area contributed by atoms with Crippen molar-refractivity contribution in [3.63, 3.8) is 0 Å². The Kier molecular flexibility index (Phi) is 5.13. The van der Waals surface area contributed by atoms with E-state index in [0.717, 1.165) is 5.56 Å². The van der Waals surface area contributed by atoms with E-state index in [9.17, 15) is 13.6 Å². The zero-order valence-electron chi connectivity index (χ0n) is 14.1. The van der Waals surface area contributed by atoms with Crippen LogP contribution in [-0.4, -0.2) is 11.8 Å². The Morgan fingerprint density at radius 3 is 2.38 bits per heavy atom. The lowest BCUT2D eigenvalue weighted by Gasteiger charge is -2.26. The minimum atomic E-state index is -3.55. The first kappa shape index (κ1) is 17.8. The normalized spacial score (nSPS) is 17.1. The van der Waals surface area contributed by atoms with Gasteiger partial charge >= 0.3 is 5.92 Å². The van der Waals surface area contributed by atoms with Crippen LogP contribution >= 0.6 is 0 Å². The molecule has 0 saturated heterocycles. The van der Waals surface area contributed by atoms with Crippen LogP contribution in [0.5, 0.6) is 0 Å². The van der Waals surface area contributed by atoms with Crippen molar-refractivity contribution in [1.29, 1.82) is 5.26 Å². The van der Waals surface area contributed by atoms with Gasteiger partial charge in [-0.05, 0) is 55.0 Å². The molecule has 0 fully saturated rings. The Labute approximate surface area is 151 Å². The van der Waals surface area contributed by atoms with Crippen LogP contribution in [0.25, 0.3) is 0 Å². The van der Waals surface area contributed by atoms with Crippen molar-refractivity contribution in [3.05, 3.63) is 77.4 Å². The second-order valence-electron chi connectivity index (χ2n) is 6.33. The largest absolute Gasteiger partial charge is 0.346 e. The molecule has 26 heavy (non-hydrogen) atoms. The van der Waals surface area contributed by atoms with E-state index < -0.39 is 11.8 Å². The van der Waals surface area contributed by atoms with E-state index in [1.165, 1.54) is 30.3 Å². The summed E-state index contributed by atoms with van der Waals surface area (Å²) in [5.74, 6) is -4.68. The van der Waals surface area contributed by atoms with Gasteiger partial charge in [-0.1, -0.05) is 36.4 Å². The lowest BCUT2D eigenvalue weighted by molar-refractivity contribution is -0.135. The number of carbonyl (C=O) groups excluding carboxylic acids is 1. The van der Waals surface area contributed by atoms with E-state index in [1.807, 2.05) is 36.4 Å². The highest BCUT2D eigenvalue weighted by atomic mass is 19.3. The lowest BCUT2D eigenvalue weighted by Crippen LogP contribution is -2.37. The smallest absolute Gasteiger partial charge is 0.321 e. The number of alkyl halides is 2. The van der Waals surface area contributed by atoms with Gasteiger partial charge in [0, 0.05) is 11.3 Å². The van der Waals surface area contributed by atoms with Gasteiger partial charge in [-0.15, -0.1) is 0 Å². The summed E-state index contributed by atoms with van der Waals surface area (Å²) < 4.78 is 29.1. The number of rotatable bonds is 4. The predicted octanol–water partition coefficient (Wildman–Crippen LogP) is 5.03. The number of hydrogen-bond acceptors (Lipinski definition) is 2. The van der Waals surface area contributed by atoms with Crippen LogP contribution < -0.4 is 5.32 Å². The maximum Gasteiger partial charge on any atom is 0.346 e. The zero-order valence-corrected chi connectivity index (χ0v) is 14.1. The molecule has 2 aromatic rings. The number of benzene rings is 2. The number of nitriles is 1. The molecule has 0 spiro atoms. The molecule has 5 heteroatoms. The van der Waals surface area contributed by atoms with E-state index in [2.05, 4.69) is 5.32 Å². The fourth-order valence-corrected chi connectivity index (χ4v) is 3.13. The van der Waals surface area contributed by atoms with Crippen molar-refractivity contribution in [3.8, 4) is 6.07 Å². The third-order valence-electron chi connectivity index (χ3n) is 4.64. The fourth-order valence-electron chi connectivity index (χ4n) is 3.13. The summed E-state index contributed by atoms with van der Waals surface area (Å²) >= 11 is 0. The van der Waals surface area contributed by atoms with Crippen LogP contribution in [-0.2, 0) is 4.79 Å². The number of carbonyl (C=O) groups is 1. The molecule has 1 aliphatic carbocycles. The van der Waals surface area contributed by atoms with Crippen LogP contribution in [0.1, 0.15) is 36.3 Å². The van der Waals surface area contributed by atoms with Gasteiger partial charge in [0.2, 0.25) is 0 Å². The highest BCUT2D eigenvalue weighted by Gasteiger charge is 2.43. The molecular formula is C21H18F2N2O. The van der Waals surface area contributed by atoms with Crippen molar-refractivity contribution in [1.82, 2.24) is 0 Å². The van der Waals surface area contributed by atoms with Crippen molar-refractivity contribution >= 4 is 11.6 Å². The van der Waals surface area contributed by atoms with Gasteiger partial charge < -0.3 is 5.32 Å². The molecule has 1 aliphatic rings. The molecule has 0 bridgehead atoms. The first-order chi connectivity index (χ1) is 12.5. The number of nitrogens with one attached hydrogen (secondary N) is 1. The molecule has 132 valence electrons. The van der Waals surface area contributed by atoms with Crippen molar-refractivity contribution < 1.29 is 13.6 Å². The van der Waals surface area contributed by atoms with Crippen LogP contribution in [0, 0.1) is 11.3 Å². The topological polar surface area (TPSA) is 52.9 Å². The van der Waals surface area contributed by atoms with Crippen molar-refractivity contribution in [2.45, 2.75) is 31.1 Å².